The lowest BCUT2D eigenvalue weighted by Gasteiger charge is -2.06. The summed E-state index contributed by atoms with van der Waals surface area (Å²) in [5.41, 5.74) is 1.14. The van der Waals surface area contributed by atoms with Gasteiger partial charge in [-0.1, -0.05) is 50.1 Å². The van der Waals surface area contributed by atoms with Gasteiger partial charge in [-0.15, -0.1) is 0 Å². The molecule has 0 aliphatic rings. The van der Waals surface area contributed by atoms with Crippen molar-refractivity contribution in [3.63, 3.8) is 0 Å². The van der Waals surface area contributed by atoms with E-state index in [-0.39, 0.29) is 5.91 Å². The van der Waals surface area contributed by atoms with Crippen LogP contribution in [-0.2, 0) is 11.3 Å². The lowest BCUT2D eigenvalue weighted by atomic mass is 10.2. The average molecular weight is 248 g/mol. The molecule has 100 valence electrons. The minimum absolute atomic E-state index is 0.113. The predicted molar refractivity (Wildman–Crippen MR) is 75.3 cm³/mol. The zero-order chi connectivity index (χ0) is 13.1. The average Bonchev–Trinajstić information content (AvgIpc) is 2.41. The minimum atomic E-state index is 0.113. The first-order valence-corrected chi connectivity index (χ1v) is 6.84. The number of carbonyl (C=O) groups is 1. The van der Waals surface area contributed by atoms with Gasteiger partial charge in [0.1, 0.15) is 0 Å². The molecule has 0 saturated carbocycles. The number of hydrogen-bond acceptors (Lipinski definition) is 2. The maximum Gasteiger partial charge on any atom is 0.221 e. The molecule has 3 heteroatoms. The van der Waals surface area contributed by atoms with Crippen molar-refractivity contribution in [3.05, 3.63) is 35.9 Å². The maximum atomic E-state index is 11.6. The molecule has 0 fully saturated rings. The number of carbonyl (C=O) groups excluding carboxylic acids is 1. The van der Waals surface area contributed by atoms with Crippen LogP contribution in [0.5, 0.6) is 0 Å². The molecular weight excluding hydrogens is 224 g/mol. The van der Waals surface area contributed by atoms with E-state index in [1.165, 1.54) is 19.3 Å². The van der Waals surface area contributed by atoms with E-state index in [4.69, 9.17) is 0 Å². The van der Waals surface area contributed by atoms with Crippen LogP contribution in [0.4, 0.5) is 0 Å². The Kier molecular flexibility index (Phi) is 7.89. The van der Waals surface area contributed by atoms with Crippen LogP contribution in [-0.4, -0.2) is 19.0 Å². The summed E-state index contributed by atoms with van der Waals surface area (Å²) in [4.78, 5) is 11.6. The third kappa shape index (κ3) is 7.07. The van der Waals surface area contributed by atoms with Gasteiger partial charge in [0.05, 0.1) is 0 Å². The number of amides is 1. The van der Waals surface area contributed by atoms with Gasteiger partial charge in [0, 0.05) is 19.5 Å². The van der Waals surface area contributed by atoms with Gasteiger partial charge >= 0.3 is 0 Å². The lowest BCUT2D eigenvalue weighted by Crippen LogP contribution is -2.27. The fourth-order valence-electron chi connectivity index (χ4n) is 1.71. The molecule has 0 atom stereocenters. The fourth-order valence-corrected chi connectivity index (χ4v) is 1.71. The molecule has 18 heavy (non-hydrogen) atoms. The number of unbranched alkanes of at least 4 members (excludes halogenated alkanes) is 2. The molecule has 0 heterocycles. The minimum Gasteiger partial charge on any atom is -0.352 e. The van der Waals surface area contributed by atoms with Gasteiger partial charge in [-0.3, -0.25) is 4.79 Å². The van der Waals surface area contributed by atoms with Gasteiger partial charge in [0.25, 0.3) is 0 Å². The third-order valence-electron chi connectivity index (χ3n) is 2.82. The Hall–Kier alpha value is -1.35. The van der Waals surface area contributed by atoms with Crippen molar-refractivity contribution in [2.75, 3.05) is 13.1 Å². The normalized spacial score (nSPS) is 10.3. The van der Waals surface area contributed by atoms with Crippen LogP contribution in [0.25, 0.3) is 0 Å². The van der Waals surface area contributed by atoms with E-state index in [9.17, 15) is 4.79 Å². The molecule has 0 aliphatic carbocycles. The van der Waals surface area contributed by atoms with E-state index in [0.717, 1.165) is 18.7 Å². The first-order chi connectivity index (χ1) is 8.83. The highest BCUT2D eigenvalue weighted by atomic mass is 16.1. The largest absolute Gasteiger partial charge is 0.352 e. The van der Waals surface area contributed by atoms with Crippen molar-refractivity contribution in [2.45, 2.75) is 39.2 Å². The summed E-state index contributed by atoms with van der Waals surface area (Å²) in [6.45, 7) is 4.59. The van der Waals surface area contributed by atoms with E-state index in [1.807, 2.05) is 30.3 Å². The topological polar surface area (TPSA) is 41.1 Å². The molecule has 1 aromatic rings. The molecule has 0 aromatic heterocycles. The summed E-state index contributed by atoms with van der Waals surface area (Å²) in [5, 5.41) is 6.21. The van der Waals surface area contributed by atoms with E-state index in [1.54, 1.807) is 0 Å². The summed E-state index contributed by atoms with van der Waals surface area (Å²) in [7, 11) is 0. The Balaban J connectivity index is 2.01. The van der Waals surface area contributed by atoms with E-state index >= 15 is 0 Å². The van der Waals surface area contributed by atoms with Crippen molar-refractivity contribution in [2.24, 2.45) is 0 Å². The monoisotopic (exact) mass is 248 g/mol. The number of nitrogens with one attached hydrogen (secondary N) is 2. The second-order valence-electron chi connectivity index (χ2n) is 4.47. The third-order valence-corrected chi connectivity index (χ3v) is 2.82. The van der Waals surface area contributed by atoms with Gasteiger partial charge in [0.2, 0.25) is 5.91 Å². The van der Waals surface area contributed by atoms with Crippen LogP contribution in [0.15, 0.2) is 30.3 Å². The first kappa shape index (κ1) is 14.7. The van der Waals surface area contributed by atoms with Gasteiger partial charge in [-0.2, -0.15) is 0 Å². The van der Waals surface area contributed by atoms with E-state index in [0.29, 0.717) is 13.0 Å². The summed E-state index contributed by atoms with van der Waals surface area (Å²) in [5.74, 6) is 0.113. The zero-order valence-electron chi connectivity index (χ0n) is 11.2. The fraction of sp³-hybridized carbons (Fsp3) is 0.533. The summed E-state index contributed by atoms with van der Waals surface area (Å²) in [6, 6.07) is 9.98. The summed E-state index contributed by atoms with van der Waals surface area (Å²) in [6.07, 6.45) is 4.24. The Morgan fingerprint density at radius 1 is 1.11 bits per heavy atom. The first-order valence-electron chi connectivity index (χ1n) is 6.84. The maximum absolute atomic E-state index is 11.6. The van der Waals surface area contributed by atoms with Crippen LogP contribution in [0, 0.1) is 0 Å². The molecule has 1 aromatic carbocycles. The quantitative estimate of drug-likeness (QED) is 0.659. The SMILES string of the molecule is CCCCCNCCC(=O)NCc1ccccc1. The second kappa shape index (κ2) is 9.66. The highest BCUT2D eigenvalue weighted by Gasteiger charge is 2.00. The van der Waals surface area contributed by atoms with Gasteiger partial charge in [-0.05, 0) is 18.5 Å². The molecule has 1 amide bonds. The van der Waals surface area contributed by atoms with Crippen LogP contribution in [0.1, 0.15) is 38.2 Å². The van der Waals surface area contributed by atoms with Crippen LogP contribution in [0.3, 0.4) is 0 Å². The number of hydrogen-bond donors (Lipinski definition) is 2. The summed E-state index contributed by atoms with van der Waals surface area (Å²) >= 11 is 0. The molecule has 2 N–H and O–H groups in total. The number of benzene rings is 1. The van der Waals surface area contributed by atoms with E-state index < -0.39 is 0 Å². The highest BCUT2D eigenvalue weighted by molar-refractivity contribution is 5.76. The Morgan fingerprint density at radius 3 is 2.61 bits per heavy atom. The second-order valence-corrected chi connectivity index (χ2v) is 4.47. The highest BCUT2D eigenvalue weighted by Crippen LogP contribution is 1.97. The summed E-state index contributed by atoms with van der Waals surface area (Å²) < 4.78 is 0. The number of rotatable bonds is 9. The van der Waals surface area contributed by atoms with Crippen molar-refractivity contribution in [3.8, 4) is 0 Å². The molecular formula is C15H24N2O. The lowest BCUT2D eigenvalue weighted by molar-refractivity contribution is -0.121. The molecule has 0 spiro atoms. The molecule has 0 bridgehead atoms. The molecule has 3 nitrogen and oxygen atoms in total. The predicted octanol–water partition coefficient (Wildman–Crippen LogP) is 2.47. The van der Waals surface area contributed by atoms with Gasteiger partial charge in [-0.25, -0.2) is 0 Å². The van der Waals surface area contributed by atoms with E-state index in [2.05, 4.69) is 17.6 Å². The molecule has 1 rings (SSSR count). The standard InChI is InChI=1S/C15H24N2O/c1-2-3-7-11-16-12-10-15(18)17-13-14-8-5-4-6-9-14/h4-6,8-9,16H,2-3,7,10-13H2,1H3,(H,17,18). The smallest absolute Gasteiger partial charge is 0.221 e. The Morgan fingerprint density at radius 2 is 1.89 bits per heavy atom. The van der Waals surface area contributed by atoms with Crippen LogP contribution in [0.2, 0.25) is 0 Å². The van der Waals surface area contributed by atoms with Crippen LogP contribution < -0.4 is 10.6 Å². The zero-order valence-corrected chi connectivity index (χ0v) is 11.2. The van der Waals surface area contributed by atoms with Crippen molar-refractivity contribution < 1.29 is 4.79 Å². The Bertz CT molecular complexity index is 325. The van der Waals surface area contributed by atoms with Gasteiger partial charge in [0.15, 0.2) is 0 Å². The van der Waals surface area contributed by atoms with Crippen molar-refractivity contribution >= 4 is 5.91 Å². The molecule has 0 saturated heterocycles. The van der Waals surface area contributed by atoms with Gasteiger partial charge < -0.3 is 10.6 Å². The molecule has 0 radical (unpaired) electrons. The van der Waals surface area contributed by atoms with Crippen molar-refractivity contribution in [1.82, 2.24) is 10.6 Å². The molecule has 0 unspecified atom stereocenters. The van der Waals surface area contributed by atoms with Crippen molar-refractivity contribution in [1.29, 1.82) is 0 Å². The Labute approximate surface area is 110 Å². The molecule has 0 aliphatic heterocycles. The van der Waals surface area contributed by atoms with Crippen LogP contribution >= 0.6 is 0 Å².